The fourth-order valence-corrected chi connectivity index (χ4v) is 2.27. The Bertz CT molecular complexity index is 705. The Morgan fingerprint density at radius 3 is 1.85 bits per heavy atom. The maximum atomic E-state index is 9.08. The Morgan fingerprint density at radius 2 is 1.35 bits per heavy atom. The molecule has 100 valence electrons. The molecule has 0 fully saturated rings. The topological polar surface area (TPSA) is 61.8 Å². The van der Waals surface area contributed by atoms with Crippen LogP contribution in [0.25, 0.3) is 22.5 Å². The zero-order valence-corrected chi connectivity index (χ0v) is 12.1. The van der Waals surface area contributed by atoms with E-state index in [0.29, 0.717) is 0 Å². The summed E-state index contributed by atoms with van der Waals surface area (Å²) in [5, 5.41) is 20.2. The van der Waals surface area contributed by atoms with E-state index < -0.39 is 0 Å². The van der Waals surface area contributed by atoms with Crippen molar-refractivity contribution in [2.45, 2.75) is 6.61 Å². The second-order valence-electron chi connectivity index (χ2n) is 4.38. The van der Waals surface area contributed by atoms with Gasteiger partial charge in [0.05, 0.1) is 6.61 Å². The number of halogens is 1. The van der Waals surface area contributed by atoms with Crippen LogP contribution in [0.3, 0.4) is 0 Å². The fourth-order valence-electron chi connectivity index (χ4n) is 2.01. The summed E-state index contributed by atoms with van der Waals surface area (Å²) in [7, 11) is 0. The third kappa shape index (κ3) is 2.50. The summed E-state index contributed by atoms with van der Waals surface area (Å²) in [4.78, 5) is 0. The molecule has 1 heterocycles. The summed E-state index contributed by atoms with van der Waals surface area (Å²) in [5.74, 6) is 0. The predicted octanol–water partition coefficient (Wildman–Crippen LogP) is 3.39. The molecule has 3 aromatic rings. The third-order valence-corrected chi connectivity index (χ3v) is 3.60. The van der Waals surface area contributed by atoms with Gasteiger partial charge in [-0.05, 0) is 17.7 Å². The lowest BCUT2D eigenvalue weighted by molar-refractivity contribution is 0.282. The van der Waals surface area contributed by atoms with Crippen LogP contribution in [0.15, 0.2) is 53.0 Å². The van der Waals surface area contributed by atoms with Crippen LogP contribution in [-0.4, -0.2) is 20.5 Å². The summed E-state index contributed by atoms with van der Waals surface area (Å²) >= 11 is 3.42. The van der Waals surface area contributed by atoms with Crippen molar-refractivity contribution in [1.82, 2.24) is 15.4 Å². The first-order valence-electron chi connectivity index (χ1n) is 6.15. The molecule has 2 N–H and O–H groups in total. The van der Waals surface area contributed by atoms with Gasteiger partial charge in [0.1, 0.15) is 11.4 Å². The molecule has 0 aliphatic heterocycles. The summed E-state index contributed by atoms with van der Waals surface area (Å²) in [6.07, 6.45) is 0. The molecule has 20 heavy (non-hydrogen) atoms. The number of aliphatic hydroxyl groups is 1. The number of aromatic amines is 1. The number of hydrogen-bond donors (Lipinski definition) is 2. The third-order valence-electron chi connectivity index (χ3n) is 3.08. The van der Waals surface area contributed by atoms with E-state index in [2.05, 4.69) is 31.3 Å². The van der Waals surface area contributed by atoms with Crippen LogP contribution in [0.4, 0.5) is 0 Å². The van der Waals surface area contributed by atoms with Crippen molar-refractivity contribution < 1.29 is 5.11 Å². The number of aromatic nitrogens is 3. The lowest BCUT2D eigenvalue weighted by Crippen LogP contribution is -1.86. The van der Waals surface area contributed by atoms with E-state index in [1.54, 1.807) is 0 Å². The smallest absolute Gasteiger partial charge is 0.120 e. The first-order valence-corrected chi connectivity index (χ1v) is 6.94. The first kappa shape index (κ1) is 13.0. The summed E-state index contributed by atoms with van der Waals surface area (Å²) in [5.41, 5.74) is 4.46. The van der Waals surface area contributed by atoms with Crippen LogP contribution < -0.4 is 0 Å². The molecule has 0 atom stereocenters. The average molecular weight is 330 g/mol. The number of aliphatic hydroxyl groups excluding tert-OH is 1. The molecule has 2 aromatic carbocycles. The molecule has 0 unspecified atom stereocenters. The molecule has 3 rings (SSSR count). The highest BCUT2D eigenvalue weighted by atomic mass is 79.9. The van der Waals surface area contributed by atoms with Crippen LogP contribution in [0, 0.1) is 0 Å². The molecule has 0 radical (unpaired) electrons. The van der Waals surface area contributed by atoms with Crippen LogP contribution in [0.5, 0.6) is 0 Å². The van der Waals surface area contributed by atoms with E-state index >= 15 is 0 Å². The maximum Gasteiger partial charge on any atom is 0.120 e. The van der Waals surface area contributed by atoms with Gasteiger partial charge in [-0.1, -0.05) is 52.3 Å². The standard InChI is InChI=1S/C15H12BrN3O/c16-13-7-5-12(6-8-13)15-14(17-19-18-15)11-3-1-10(9-20)2-4-11/h1-8,20H,9H2,(H,17,18,19). The minimum atomic E-state index is 0.0403. The lowest BCUT2D eigenvalue weighted by atomic mass is 10.0. The zero-order chi connectivity index (χ0) is 13.9. The van der Waals surface area contributed by atoms with Crippen molar-refractivity contribution in [3.8, 4) is 22.5 Å². The second kappa shape index (κ2) is 5.56. The number of nitrogens with one attached hydrogen (secondary N) is 1. The van der Waals surface area contributed by atoms with Gasteiger partial charge < -0.3 is 5.11 Å². The first-order chi connectivity index (χ1) is 9.78. The Hall–Kier alpha value is -1.98. The summed E-state index contributed by atoms with van der Waals surface area (Å²) in [6.45, 7) is 0.0403. The monoisotopic (exact) mass is 329 g/mol. The van der Waals surface area contributed by atoms with Crippen molar-refractivity contribution in [2.75, 3.05) is 0 Å². The Kier molecular flexibility index (Phi) is 3.62. The summed E-state index contributed by atoms with van der Waals surface area (Å²) < 4.78 is 1.03. The van der Waals surface area contributed by atoms with Gasteiger partial charge in [0.2, 0.25) is 0 Å². The molecule has 0 bridgehead atoms. The van der Waals surface area contributed by atoms with E-state index in [4.69, 9.17) is 5.11 Å². The molecule has 0 aliphatic carbocycles. The number of rotatable bonds is 3. The van der Waals surface area contributed by atoms with Gasteiger partial charge in [0.15, 0.2) is 0 Å². The van der Waals surface area contributed by atoms with E-state index in [-0.39, 0.29) is 6.61 Å². The fraction of sp³-hybridized carbons (Fsp3) is 0.0667. The van der Waals surface area contributed by atoms with Crippen LogP contribution in [-0.2, 0) is 6.61 Å². The Balaban J connectivity index is 2.02. The number of nitrogens with zero attached hydrogens (tertiary/aromatic N) is 2. The Morgan fingerprint density at radius 1 is 0.850 bits per heavy atom. The van der Waals surface area contributed by atoms with Crippen LogP contribution in [0.1, 0.15) is 5.56 Å². The Labute approximate surface area is 124 Å². The lowest BCUT2D eigenvalue weighted by Gasteiger charge is -2.03. The molecule has 4 nitrogen and oxygen atoms in total. The maximum absolute atomic E-state index is 9.08. The van der Waals surface area contributed by atoms with Gasteiger partial charge in [-0.25, -0.2) is 0 Å². The molecule has 0 aliphatic rings. The van der Waals surface area contributed by atoms with Gasteiger partial charge in [-0.2, -0.15) is 15.4 Å². The van der Waals surface area contributed by atoms with Gasteiger partial charge in [0, 0.05) is 15.6 Å². The molecular weight excluding hydrogens is 318 g/mol. The minimum absolute atomic E-state index is 0.0403. The molecule has 0 amide bonds. The van der Waals surface area contributed by atoms with Crippen molar-refractivity contribution in [3.63, 3.8) is 0 Å². The van der Waals surface area contributed by atoms with Crippen LogP contribution in [0.2, 0.25) is 0 Å². The highest BCUT2D eigenvalue weighted by Crippen LogP contribution is 2.29. The highest BCUT2D eigenvalue weighted by Gasteiger charge is 2.12. The zero-order valence-electron chi connectivity index (χ0n) is 10.5. The summed E-state index contributed by atoms with van der Waals surface area (Å²) in [6, 6.07) is 15.6. The number of hydrogen-bond acceptors (Lipinski definition) is 3. The average Bonchev–Trinajstić information content (AvgIpc) is 2.97. The van der Waals surface area contributed by atoms with Crippen molar-refractivity contribution in [3.05, 3.63) is 58.6 Å². The van der Waals surface area contributed by atoms with Gasteiger partial charge in [-0.15, -0.1) is 0 Å². The minimum Gasteiger partial charge on any atom is -0.392 e. The van der Waals surface area contributed by atoms with Crippen molar-refractivity contribution >= 4 is 15.9 Å². The van der Waals surface area contributed by atoms with E-state index in [1.165, 1.54) is 0 Å². The second-order valence-corrected chi connectivity index (χ2v) is 5.30. The van der Waals surface area contributed by atoms with Gasteiger partial charge in [0.25, 0.3) is 0 Å². The molecule has 0 saturated heterocycles. The van der Waals surface area contributed by atoms with Crippen molar-refractivity contribution in [1.29, 1.82) is 0 Å². The van der Waals surface area contributed by atoms with E-state index in [1.807, 2.05) is 48.5 Å². The normalized spacial score (nSPS) is 10.7. The quantitative estimate of drug-likeness (QED) is 0.774. The molecule has 0 spiro atoms. The van der Waals surface area contributed by atoms with Gasteiger partial charge >= 0.3 is 0 Å². The largest absolute Gasteiger partial charge is 0.392 e. The SMILES string of the molecule is OCc1ccc(-c2n[nH]nc2-c2ccc(Br)cc2)cc1. The van der Waals surface area contributed by atoms with Crippen LogP contribution >= 0.6 is 15.9 Å². The molecule has 0 saturated carbocycles. The molecular formula is C15H12BrN3O. The molecule has 1 aromatic heterocycles. The number of H-pyrrole nitrogens is 1. The van der Waals surface area contributed by atoms with Crippen molar-refractivity contribution in [2.24, 2.45) is 0 Å². The van der Waals surface area contributed by atoms with E-state index in [9.17, 15) is 0 Å². The van der Waals surface area contributed by atoms with Gasteiger partial charge in [-0.3, -0.25) is 0 Å². The van der Waals surface area contributed by atoms with E-state index in [0.717, 1.165) is 32.6 Å². The highest BCUT2D eigenvalue weighted by molar-refractivity contribution is 9.10. The number of benzene rings is 2. The predicted molar refractivity (Wildman–Crippen MR) is 80.9 cm³/mol. The molecule has 5 heteroatoms.